The number of aromatic nitrogens is 2. The van der Waals surface area contributed by atoms with E-state index in [9.17, 15) is 9.59 Å². The van der Waals surface area contributed by atoms with Gasteiger partial charge in [0, 0.05) is 6.20 Å². The fourth-order valence-electron chi connectivity index (χ4n) is 3.26. The van der Waals surface area contributed by atoms with Crippen LogP contribution in [-0.4, -0.2) is 39.5 Å². The summed E-state index contributed by atoms with van der Waals surface area (Å²) in [5, 5.41) is 10.7. The maximum absolute atomic E-state index is 12.6. The first-order valence-electron chi connectivity index (χ1n) is 7.59. The van der Waals surface area contributed by atoms with Gasteiger partial charge in [0.1, 0.15) is 12.6 Å². The Balaban J connectivity index is 1.72. The van der Waals surface area contributed by atoms with Crippen LogP contribution in [0.25, 0.3) is 0 Å². The van der Waals surface area contributed by atoms with Gasteiger partial charge in [0.2, 0.25) is 11.8 Å². The molecule has 21 heavy (non-hydrogen) atoms. The quantitative estimate of drug-likeness (QED) is 0.896. The van der Waals surface area contributed by atoms with E-state index < -0.39 is 0 Å². The van der Waals surface area contributed by atoms with Gasteiger partial charge in [-0.2, -0.15) is 10.2 Å². The first kappa shape index (κ1) is 14.0. The van der Waals surface area contributed by atoms with Crippen LogP contribution in [0.2, 0.25) is 0 Å². The minimum absolute atomic E-state index is 0.0205. The number of hydrogen-bond donors (Lipinski definition) is 1. The highest BCUT2D eigenvalue weighted by Gasteiger charge is 2.38. The standard InChI is InChI=1S/C15H20N4O2/c20-13-10-19(9-12-7-4-8-16-18-12)15(21)14(17-13)11-5-2-1-3-6-11/h4,7-8,11,14H,1-3,5-6,9-10H2,(H,17,20). The van der Waals surface area contributed by atoms with Gasteiger partial charge >= 0.3 is 0 Å². The van der Waals surface area contributed by atoms with Crippen molar-refractivity contribution in [2.75, 3.05) is 6.54 Å². The smallest absolute Gasteiger partial charge is 0.246 e. The molecule has 2 fully saturated rings. The van der Waals surface area contributed by atoms with Crippen molar-refractivity contribution in [2.45, 2.75) is 44.7 Å². The molecule has 0 radical (unpaired) electrons. The van der Waals surface area contributed by atoms with E-state index in [4.69, 9.17) is 0 Å². The number of carbonyl (C=O) groups is 2. The molecule has 2 amide bonds. The van der Waals surface area contributed by atoms with Gasteiger partial charge in [-0.3, -0.25) is 9.59 Å². The zero-order valence-electron chi connectivity index (χ0n) is 12.0. The monoisotopic (exact) mass is 288 g/mol. The maximum Gasteiger partial charge on any atom is 0.246 e. The summed E-state index contributed by atoms with van der Waals surface area (Å²) in [5.74, 6) is 0.223. The third kappa shape index (κ3) is 3.20. The van der Waals surface area contributed by atoms with Gasteiger partial charge in [0.15, 0.2) is 0 Å². The fourth-order valence-corrected chi connectivity index (χ4v) is 3.26. The molecule has 112 valence electrons. The summed E-state index contributed by atoms with van der Waals surface area (Å²) in [6.07, 6.45) is 7.17. The van der Waals surface area contributed by atoms with E-state index in [1.54, 1.807) is 17.2 Å². The molecule has 0 bridgehead atoms. The van der Waals surface area contributed by atoms with Gasteiger partial charge in [0.05, 0.1) is 12.2 Å². The zero-order valence-corrected chi connectivity index (χ0v) is 12.0. The largest absolute Gasteiger partial charge is 0.342 e. The summed E-state index contributed by atoms with van der Waals surface area (Å²) in [7, 11) is 0. The summed E-state index contributed by atoms with van der Waals surface area (Å²) in [5.41, 5.74) is 0.711. The number of nitrogens with zero attached hydrogens (tertiary/aromatic N) is 3. The van der Waals surface area contributed by atoms with Crippen molar-refractivity contribution in [2.24, 2.45) is 5.92 Å². The van der Waals surface area contributed by atoms with E-state index >= 15 is 0 Å². The summed E-state index contributed by atoms with van der Waals surface area (Å²) in [6, 6.07) is 3.25. The van der Waals surface area contributed by atoms with Crippen LogP contribution in [0.3, 0.4) is 0 Å². The minimum Gasteiger partial charge on any atom is -0.342 e. The van der Waals surface area contributed by atoms with Gasteiger partial charge in [0.25, 0.3) is 0 Å². The number of rotatable bonds is 3. The first-order chi connectivity index (χ1) is 10.2. The summed E-state index contributed by atoms with van der Waals surface area (Å²) in [4.78, 5) is 26.2. The van der Waals surface area contributed by atoms with E-state index in [0.717, 1.165) is 25.7 Å². The number of nitrogens with one attached hydrogen (secondary N) is 1. The summed E-state index contributed by atoms with van der Waals surface area (Å²) >= 11 is 0. The van der Waals surface area contributed by atoms with E-state index in [2.05, 4.69) is 15.5 Å². The molecular weight excluding hydrogens is 268 g/mol. The maximum atomic E-state index is 12.6. The number of hydrogen-bond acceptors (Lipinski definition) is 4. The van der Waals surface area contributed by atoms with E-state index in [1.807, 2.05) is 6.07 Å². The lowest BCUT2D eigenvalue weighted by molar-refractivity contribution is -0.146. The molecule has 6 heteroatoms. The van der Waals surface area contributed by atoms with Crippen LogP contribution in [0.1, 0.15) is 37.8 Å². The molecule has 1 N–H and O–H groups in total. The lowest BCUT2D eigenvalue weighted by Crippen LogP contribution is -2.60. The third-order valence-electron chi connectivity index (χ3n) is 4.33. The third-order valence-corrected chi connectivity index (χ3v) is 4.33. The van der Waals surface area contributed by atoms with Gasteiger partial charge in [-0.05, 0) is 30.9 Å². The Hall–Kier alpha value is -1.98. The average Bonchev–Trinajstić information content (AvgIpc) is 2.52. The van der Waals surface area contributed by atoms with Crippen molar-refractivity contribution in [3.05, 3.63) is 24.0 Å². The Morgan fingerprint density at radius 1 is 1.24 bits per heavy atom. The molecule has 1 saturated carbocycles. The van der Waals surface area contributed by atoms with Gasteiger partial charge in [-0.15, -0.1) is 0 Å². The fraction of sp³-hybridized carbons (Fsp3) is 0.600. The van der Waals surface area contributed by atoms with Gasteiger partial charge in [-0.25, -0.2) is 0 Å². The molecule has 1 saturated heterocycles. The topological polar surface area (TPSA) is 75.2 Å². The van der Waals surface area contributed by atoms with Crippen molar-refractivity contribution < 1.29 is 9.59 Å². The second-order valence-corrected chi connectivity index (χ2v) is 5.85. The molecule has 3 rings (SSSR count). The molecule has 1 aromatic heterocycles. The Labute approximate surface area is 123 Å². The van der Waals surface area contributed by atoms with Crippen LogP contribution in [-0.2, 0) is 16.1 Å². The molecule has 6 nitrogen and oxygen atoms in total. The van der Waals surface area contributed by atoms with Gasteiger partial charge in [-0.1, -0.05) is 19.3 Å². The molecule has 0 spiro atoms. The highest BCUT2D eigenvalue weighted by Crippen LogP contribution is 2.28. The molecule has 0 aromatic carbocycles. The van der Waals surface area contributed by atoms with Crippen molar-refractivity contribution in [3.63, 3.8) is 0 Å². The van der Waals surface area contributed by atoms with E-state index in [-0.39, 0.29) is 30.3 Å². The molecule has 1 atom stereocenters. The van der Waals surface area contributed by atoms with E-state index in [1.165, 1.54) is 6.42 Å². The predicted octanol–water partition coefficient (Wildman–Crippen LogP) is 0.884. The predicted molar refractivity (Wildman–Crippen MR) is 76.0 cm³/mol. The lowest BCUT2D eigenvalue weighted by atomic mass is 9.82. The van der Waals surface area contributed by atoms with Crippen molar-refractivity contribution >= 4 is 11.8 Å². The van der Waals surface area contributed by atoms with Crippen LogP contribution in [0, 0.1) is 5.92 Å². The Morgan fingerprint density at radius 2 is 2.05 bits per heavy atom. The zero-order chi connectivity index (χ0) is 14.7. The van der Waals surface area contributed by atoms with Crippen LogP contribution in [0.4, 0.5) is 0 Å². The molecule has 1 aliphatic heterocycles. The highest BCUT2D eigenvalue weighted by atomic mass is 16.2. The summed E-state index contributed by atoms with van der Waals surface area (Å²) in [6.45, 7) is 0.460. The lowest BCUT2D eigenvalue weighted by Gasteiger charge is -2.37. The second-order valence-electron chi connectivity index (χ2n) is 5.85. The van der Waals surface area contributed by atoms with Crippen LogP contribution >= 0.6 is 0 Å². The Morgan fingerprint density at radius 3 is 2.76 bits per heavy atom. The van der Waals surface area contributed by atoms with Crippen molar-refractivity contribution in [1.82, 2.24) is 20.4 Å². The number of carbonyl (C=O) groups excluding carboxylic acids is 2. The number of piperazine rings is 1. The molecule has 1 aliphatic carbocycles. The number of amides is 2. The molecule has 2 aliphatic rings. The Kier molecular flexibility index (Phi) is 4.13. The van der Waals surface area contributed by atoms with Crippen LogP contribution in [0.5, 0.6) is 0 Å². The normalized spacial score (nSPS) is 24.0. The van der Waals surface area contributed by atoms with Gasteiger partial charge < -0.3 is 10.2 Å². The Bertz CT molecular complexity index is 514. The van der Waals surface area contributed by atoms with E-state index in [0.29, 0.717) is 12.2 Å². The van der Waals surface area contributed by atoms with Crippen molar-refractivity contribution in [1.29, 1.82) is 0 Å². The minimum atomic E-state index is -0.358. The molecule has 1 aromatic rings. The van der Waals surface area contributed by atoms with Crippen LogP contribution < -0.4 is 5.32 Å². The first-order valence-corrected chi connectivity index (χ1v) is 7.59. The summed E-state index contributed by atoms with van der Waals surface area (Å²) < 4.78 is 0. The van der Waals surface area contributed by atoms with Crippen molar-refractivity contribution in [3.8, 4) is 0 Å². The average molecular weight is 288 g/mol. The molecular formula is C15H20N4O2. The molecule has 2 heterocycles. The second kappa shape index (κ2) is 6.20. The SMILES string of the molecule is O=C1CN(Cc2cccnn2)C(=O)C(C2CCCCC2)N1. The highest BCUT2D eigenvalue weighted by molar-refractivity contribution is 5.95. The van der Waals surface area contributed by atoms with Crippen LogP contribution in [0.15, 0.2) is 18.3 Å². The molecule has 1 unspecified atom stereocenters.